The number of unbranched alkanes of at least 4 members (excludes halogenated alkanes) is 1. The third kappa shape index (κ3) is 4.65. The molecule has 2 aliphatic heterocycles. The van der Waals surface area contributed by atoms with Gasteiger partial charge in [-0.15, -0.1) is 0 Å². The van der Waals surface area contributed by atoms with E-state index in [4.69, 9.17) is 19.0 Å². The molecule has 6 rings (SSSR count). The zero-order valence-corrected chi connectivity index (χ0v) is 23.4. The smallest absolute Gasteiger partial charge is 0.147 e. The fourth-order valence-corrected chi connectivity index (χ4v) is 7.94. The van der Waals surface area contributed by atoms with E-state index < -0.39 is 0 Å². The zero-order chi connectivity index (χ0) is 26.2. The number of nitrogens with zero attached hydrogens (tertiary/aromatic N) is 1. The predicted octanol–water partition coefficient (Wildman–Crippen LogP) is 6.91. The molecule has 0 aromatic heterocycles. The first-order valence-electron chi connectivity index (χ1n) is 14.8. The average Bonchev–Trinajstić information content (AvgIpc) is 3.55. The van der Waals surface area contributed by atoms with E-state index in [-0.39, 0.29) is 28.8 Å². The van der Waals surface area contributed by atoms with Crippen molar-refractivity contribution in [2.75, 3.05) is 13.2 Å². The molecule has 2 saturated carbocycles. The topological polar surface area (TPSA) is 40.2 Å². The lowest BCUT2D eigenvalue weighted by Crippen LogP contribution is -2.46. The molecular weight excluding hydrogens is 474 g/mol. The fourth-order valence-electron chi connectivity index (χ4n) is 7.94. The first-order chi connectivity index (χ1) is 18.4. The molecule has 2 aromatic carbocycles. The molecule has 206 valence electrons. The lowest BCUT2D eigenvalue weighted by atomic mass is 9.70. The molecule has 2 bridgehead atoms. The van der Waals surface area contributed by atoms with E-state index in [0.29, 0.717) is 31.8 Å². The van der Waals surface area contributed by atoms with Crippen molar-refractivity contribution in [1.29, 1.82) is 0 Å². The number of hydrogen-bond acceptors (Lipinski definition) is 5. The van der Waals surface area contributed by atoms with E-state index in [1.807, 2.05) is 12.1 Å². The lowest BCUT2D eigenvalue weighted by molar-refractivity contribution is -0.241. The van der Waals surface area contributed by atoms with Crippen LogP contribution in [0.4, 0.5) is 0 Å². The first kappa shape index (κ1) is 26.5. The van der Waals surface area contributed by atoms with Crippen molar-refractivity contribution >= 4 is 0 Å². The minimum absolute atomic E-state index is 0.149. The average molecular weight is 520 g/mol. The molecule has 2 heterocycles. The minimum atomic E-state index is -0.306. The molecular formula is C33H45NO4. The Morgan fingerprint density at radius 3 is 2.21 bits per heavy atom. The Hall–Kier alpha value is -1.76. The number of benzene rings is 2. The van der Waals surface area contributed by atoms with Gasteiger partial charge in [0.1, 0.15) is 5.72 Å². The second-order valence-electron chi connectivity index (χ2n) is 12.8. The summed E-state index contributed by atoms with van der Waals surface area (Å²) in [6.07, 6.45) is 7.91. The summed E-state index contributed by atoms with van der Waals surface area (Å²) < 4.78 is 19.2. The maximum Gasteiger partial charge on any atom is 0.147 e. The maximum absolute atomic E-state index is 7.17. The molecule has 5 nitrogen and oxygen atoms in total. The van der Waals surface area contributed by atoms with E-state index in [0.717, 1.165) is 38.7 Å². The van der Waals surface area contributed by atoms with E-state index in [1.165, 1.54) is 24.0 Å². The highest BCUT2D eigenvalue weighted by Gasteiger charge is 2.75. The Balaban J connectivity index is 1.06. The van der Waals surface area contributed by atoms with Crippen LogP contribution in [0.1, 0.15) is 76.8 Å². The molecule has 4 fully saturated rings. The van der Waals surface area contributed by atoms with Crippen LogP contribution in [0.3, 0.4) is 0 Å². The summed E-state index contributed by atoms with van der Waals surface area (Å²) in [7, 11) is 0. The molecule has 0 amide bonds. The summed E-state index contributed by atoms with van der Waals surface area (Å²) in [5.74, 6) is 0.627. The quantitative estimate of drug-likeness (QED) is 0.285. The number of hydrogen-bond donors (Lipinski definition) is 0. The van der Waals surface area contributed by atoms with E-state index in [9.17, 15) is 0 Å². The summed E-state index contributed by atoms with van der Waals surface area (Å²) in [5, 5.41) is 2.36. The van der Waals surface area contributed by atoms with Crippen molar-refractivity contribution in [2.45, 2.75) is 103 Å². The molecule has 5 heteroatoms. The van der Waals surface area contributed by atoms with Gasteiger partial charge >= 0.3 is 0 Å². The summed E-state index contributed by atoms with van der Waals surface area (Å²) in [6, 6.07) is 21.2. The maximum atomic E-state index is 7.17. The Bertz CT molecular complexity index is 1060. The van der Waals surface area contributed by atoms with Gasteiger partial charge in [-0.25, -0.2) is 0 Å². The van der Waals surface area contributed by atoms with Crippen LogP contribution in [0, 0.1) is 16.7 Å². The van der Waals surface area contributed by atoms with Crippen molar-refractivity contribution < 1.29 is 19.0 Å². The van der Waals surface area contributed by atoms with E-state index in [2.05, 4.69) is 74.4 Å². The van der Waals surface area contributed by atoms with Crippen molar-refractivity contribution in [3.8, 4) is 0 Å². The molecule has 4 aliphatic rings. The van der Waals surface area contributed by atoms with Gasteiger partial charge in [0.15, 0.2) is 0 Å². The molecule has 2 aliphatic carbocycles. The largest absolute Gasteiger partial charge is 0.377 e. The van der Waals surface area contributed by atoms with Gasteiger partial charge in [0, 0.05) is 25.0 Å². The van der Waals surface area contributed by atoms with Gasteiger partial charge in [-0.05, 0) is 61.0 Å². The molecule has 2 saturated heterocycles. The van der Waals surface area contributed by atoms with Gasteiger partial charge in [-0.3, -0.25) is 4.84 Å². The summed E-state index contributed by atoms with van der Waals surface area (Å²) in [5.41, 5.74) is 2.64. The second-order valence-corrected chi connectivity index (χ2v) is 12.8. The fraction of sp³-hybridized carbons (Fsp3) is 0.636. The number of rotatable bonds is 12. The van der Waals surface area contributed by atoms with Crippen LogP contribution in [0.5, 0.6) is 0 Å². The zero-order valence-electron chi connectivity index (χ0n) is 23.4. The van der Waals surface area contributed by atoms with Crippen LogP contribution in [0.15, 0.2) is 60.7 Å². The van der Waals surface area contributed by atoms with Gasteiger partial charge in [0.2, 0.25) is 0 Å². The highest BCUT2D eigenvalue weighted by Crippen LogP contribution is 2.71. The van der Waals surface area contributed by atoms with E-state index in [1.54, 1.807) is 0 Å². The summed E-state index contributed by atoms with van der Waals surface area (Å²) in [4.78, 5) is 6.78. The SMILES string of the molecule is CC1(C)[C@@H]2CC[C@@]1(C)[C@@H]1O[C@@]3(CCCCOCc4ccccc4)C[C@H](CCOCc4ccccc4)ON3[C@H]21. The number of ether oxygens (including phenoxy) is 3. The van der Waals surface area contributed by atoms with Gasteiger partial charge < -0.3 is 14.2 Å². The third-order valence-electron chi connectivity index (χ3n) is 10.5. The summed E-state index contributed by atoms with van der Waals surface area (Å²) in [6.45, 7) is 10.2. The van der Waals surface area contributed by atoms with Crippen molar-refractivity contribution in [3.05, 3.63) is 71.8 Å². The minimum Gasteiger partial charge on any atom is -0.377 e. The standard InChI is InChI=1S/C33H45NO4/c1-31(2)28-16-19-32(31,3)30-29(28)34-33(37-30,18-10-11-20-35-23-25-12-6-4-7-13-25)22-27(38-34)17-21-36-24-26-14-8-5-9-15-26/h4-9,12-15,27-30H,10-11,16-24H2,1-3H3/t27-,28+,29+,30+,32-,33-/m0/s1. The number of hydroxylamine groups is 2. The molecule has 0 radical (unpaired) electrons. The van der Waals surface area contributed by atoms with Gasteiger partial charge in [0.05, 0.1) is 31.5 Å². The van der Waals surface area contributed by atoms with Gasteiger partial charge in [0.25, 0.3) is 0 Å². The van der Waals surface area contributed by atoms with Crippen LogP contribution >= 0.6 is 0 Å². The van der Waals surface area contributed by atoms with Crippen LogP contribution < -0.4 is 0 Å². The molecule has 38 heavy (non-hydrogen) atoms. The third-order valence-corrected chi connectivity index (χ3v) is 10.5. The molecule has 0 N–H and O–H groups in total. The summed E-state index contributed by atoms with van der Waals surface area (Å²) >= 11 is 0. The molecule has 0 unspecified atom stereocenters. The highest BCUT2D eigenvalue weighted by atomic mass is 16.8. The Labute approximate surface area is 228 Å². The Morgan fingerprint density at radius 1 is 0.868 bits per heavy atom. The molecule has 2 aromatic rings. The molecule has 0 spiro atoms. The second kappa shape index (κ2) is 10.7. The highest BCUT2D eigenvalue weighted by molar-refractivity contribution is 5.22. The first-order valence-corrected chi connectivity index (χ1v) is 14.8. The lowest BCUT2D eigenvalue weighted by Gasteiger charge is -2.40. The van der Waals surface area contributed by atoms with Crippen LogP contribution in [-0.2, 0) is 32.3 Å². The monoisotopic (exact) mass is 519 g/mol. The van der Waals surface area contributed by atoms with Gasteiger partial charge in [-0.2, -0.15) is 5.06 Å². The van der Waals surface area contributed by atoms with Crippen molar-refractivity contribution in [1.82, 2.24) is 5.06 Å². The van der Waals surface area contributed by atoms with Crippen molar-refractivity contribution in [3.63, 3.8) is 0 Å². The Kier molecular flexibility index (Phi) is 7.43. The van der Waals surface area contributed by atoms with Crippen LogP contribution in [-0.4, -0.2) is 42.3 Å². The predicted molar refractivity (Wildman–Crippen MR) is 148 cm³/mol. The van der Waals surface area contributed by atoms with E-state index >= 15 is 0 Å². The Morgan fingerprint density at radius 2 is 1.53 bits per heavy atom. The molecule has 6 atom stereocenters. The van der Waals surface area contributed by atoms with Crippen LogP contribution in [0.25, 0.3) is 0 Å². The van der Waals surface area contributed by atoms with Crippen molar-refractivity contribution in [2.24, 2.45) is 16.7 Å². The normalized spacial score (nSPS) is 35.0. The number of fused-ring (bicyclic) bond motifs is 7. The van der Waals surface area contributed by atoms with Crippen LogP contribution in [0.2, 0.25) is 0 Å². The van der Waals surface area contributed by atoms with Gasteiger partial charge in [-0.1, -0.05) is 81.4 Å².